The Balaban J connectivity index is 2.16. The van der Waals surface area contributed by atoms with Gasteiger partial charge in [0.05, 0.1) is 0 Å². The van der Waals surface area contributed by atoms with Gasteiger partial charge in [-0.2, -0.15) is 0 Å². The largest absolute Gasteiger partial charge is 0.486 e. The molecule has 1 aromatic carbocycles. The highest BCUT2D eigenvalue weighted by Gasteiger charge is 2.07. The Kier molecular flexibility index (Phi) is 3.67. The van der Waals surface area contributed by atoms with Crippen LogP contribution in [0.3, 0.4) is 0 Å². The van der Waals surface area contributed by atoms with Gasteiger partial charge >= 0.3 is 0 Å². The lowest BCUT2D eigenvalue weighted by molar-refractivity contribution is 0.111. The van der Waals surface area contributed by atoms with Crippen molar-refractivity contribution in [2.24, 2.45) is 0 Å². The molecular formula is C14H12FNO2. The molecule has 0 saturated carbocycles. The number of halogens is 1. The van der Waals surface area contributed by atoms with Gasteiger partial charge in [-0.15, -0.1) is 0 Å². The van der Waals surface area contributed by atoms with Gasteiger partial charge in [0, 0.05) is 11.3 Å². The van der Waals surface area contributed by atoms with Crippen molar-refractivity contribution in [2.75, 3.05) is 0 Å². The highest BCUT2D eigenvalue weighted by Crippen LogP contribution is 2.17. The van der Waals surface area contributed by atoms with Crippen LogP contribution in [0.5, 0.6) is 5.75 Å². The van der Waals surface area contributed by atoms with Gasteiger partial charge in [0.25, 0.3) is 0 Å². The zero-order valence-electron chi connectivity index (χ0n) is 9.89. The van der Waals surface area contributed by atoms with Crippen molar-refractivity contribution in [3.05, 3.63) is 59.2 Å². The molecule has 0 bridgehead atoms. The maximum atomic E-state index is 13.4. The number of aldehydes is 1. The van der Waals surface area contributed by atoms with Gasteiger partial charge in [-0.25, -0.2) is 9.37 Å². The molecule has 1 aromatic heterocycles. The molecule has 0 saturated heterocycles. The summed E-state index contributed by atoms with van der Waals surface area (Å²) in [6.07, 6.45) is 0.629. The molecule has 0 N–H and O–H groups in total. The third kappa shape index (κ3) is 2.71. The fraction of sp³-hybridized carbons (Fsp3) is 0.143. The minimum Gasteiger partial charge on any atom is -0.486 e. The van der Waals surface area contributed by atoms with Crippen molar-refractivity contribution >= 4 is 6.29 Å². The number of pyridine rings is 1. The van der Waals surface area contributed by atoms with Crippen LogP contribution in [0, 0.1) is 12.7 Å². The summed E-state index contributed by atoms with van der Waals surface area (Å²) in [5.74, 6) is 0.0316. The molecule has 1 heterocycles. The number of rotatable bonds is 4. The van der Waals surface area contributed by atoms with Crippen LogP contribution >= 0.6 is 0 Å². The van der Waals surface area contributed by atoms with Gasteiger partial charge in [0.1, 0.15) is 23.9 Å². The quantitative estimate of drug-likeness (QED) is 0.777. The zero-order chi connectivity index (χ0) is 13.0. The fourth-order valence-electron chi connectivity index (χ4n) is 1.54. The molecule has 0 aliphatic carbocycles. The molecule has 2 aromatic rings. The van der Waals surface area contributed by atoms with E-state index >= 15 is 0 Å². The normalized spacial score (nSPS) is 10.1. The first-order valence-corrected chi connectivity index (χ1v) is 5.49. The second-order valence-electron chi connectivity index (χ2n) is 3.83. The Bertz CT molecular complexity index is 569. The minimum atomic E-state index is -0.328. The monoisotopic (exact) mass is 245 g/mol. The van der Waals surface area contributed by atoms with E-state index in [1.807, 2.05) is 0 Å². The summed E-state index contributed by atoms with van der Waals surface area (Å²) in [5, 5.41) is 0. The summed E-state index contributed by atoms with van der Waals surface area (Å²) in [6, 6.07) is 9.75. The van der Waals surface area contributed by atoms with E-state index in [0.717, 1.165) is 5.69 Å². The SMILES string of the molecule is Cc1ccc(OCc2ccccc2F)c(C=O)n1. The summed E-state index contributed by atoms with van der Waals surface area (Å²) >= 11 is 0. The van der Waals surface area contributed by atoms with Crippen molar-refractivity contribution in [2.45, 2.75) is 13.5 Å². The molecule has 0 unspecified atom stereocenters. The Labute approximate surface area is 104 Å². The van der Waals surface area contributed by atoms with Crippen LogP contribution in [-0.2, 0) is 6.61 Å². The number of aryl methyl sites for hydroxylation is 1. The van der Waals surface area contributed by atoms with E-state index in [1.165, 1.54) is 6.07 Å². The molecule has 0 amide bonds. The van der Waals surface area contributed by atoms with Gasteiger partial charge in [-0.3, -0.25) is 4.79 Å². The van der Waals surface area contributed by atoms with Crippen LogP contribution < -0.4 is 4.74 Å². The van der Waals surface area contributed by atoms with Gasteiger partial charge in [0.15, 0.2) is 6.29 Å². The van der Waals surface area contributed by atoms with Crippen molar-refractivity contribution in [1.82, 2.24) is 4.98 Å². The highest BCUT2D eigenvalue weighted by atomic mass is 19.1. The molecule has 0 fully saturated rings. The van der Waals surface area contributed by atoms with Crippen LogP contribution in [0.4, 0.5) is 4.39 Å². The molecule has 0 radical (unpaired) electrons. The number of benzene rings is 1. The van der Waals surface area contributed by atoms with E-state index in [2.05, 4.69) is 4.98 Å². The molecule has 0 spiro atoms. The zero-order valence-corrected chi connectivity index (χ0v) is 9.89. The summed E-state index contributed by atoms with van der Waals surface area (Å²) < 4.78 is 18.8. The molecule has 0 aliphatic rings. The molecule has 92 valence electrons. The van der Waals surface area contributed by atoms with Crippen LogP contribution in [0.15, 0.2) is 36.4 Å². The average Bonchev–Trinajstić information content (AvgIpc) is 2.39. The minimum absolute atomic E-state index is 0.0677. The van der Waals surface area contributed by atoms with Gasteiger partial charge in [0.2, 0.25) is 0 Å². The maximum Gasteiger partial charge on any atom is 0.172 e. The first-order valence-electron chi connectivity index (χ1n) is 5.49. The van der Waals surface area contributed by atoms with Crippen LogP contribution in [0.1, 0.15) is 21.7 Å². The highest BCUT2D eigenvalue weighted by molar-refractivity contribution is 5.76. The third-order valence-corrected chi connectivity index (χ3v) is 2.48. The van der Waals surface area contributed by atoms with Crippen molar-refractivity contribution < 1.29 is 13.9 Å². The van der Waals surface area contributed by atoms with E-state index < -0.39 is 0 Å². The maximum absolute atomic E-state index is 13.4. The smallest absolute Gasteiger partial charge is 0.172 e. The number of hydrogen-bond donors (Lipinski definition) is 0. The van der Waals surface area contributed by atoms with Gasteiger partial charge in [-0.1, -0.05) is 18.2 Å². The molecule has 0 aliphatic heterocycles. The average molecular weight is 245 g/mol. The standard InChI is InChI=1S/C14H12FNO2/c1-10-6-7-14(13(8-17)16-10)18-9-11-4-2-3-5-12(11)15/h2-8H,9H2,1H3. The second-order valence-corrected chi connectivity index (χ2v) is 3.83. The van der Waals surface area contributed by atoms with Crippen LogP contribution in [0.25, 0.3) is 0 Å². The number of carbonyl (C=O) groups excluding carboxylic acids is 1. The number of ether oxygens (including phenoxy) is 1. The number of carbonyl (C=O) groups is 1. The fourth-order valence-corrected chi connectivity index (χ4v) is 1.54. The number of hydrogen-bond acceptors (Lipinski definition) is 3. The van der Waals surface area contributed by atoms with Crippen molar-refractivity contribution in [3.63, 3.8) is 0 Å². The summed E-state index contributed by atoms with van der Waals surface area (Å²) in [7, 11) is 0. The molecular weight excluding hydrogens is 233 g/mol. The number of aromatic nitrogens is 1. The predicted octanol–water partition coefficient (Wildman–Crippen LogP) is 2.92. The Morgan fingerprint density at radius 2 is 2.06 bits per heavy atom. The predicted molar refractivity (Wildman–Crippen MR) is 65.1 cm³/mol. The van der Waals surface area contributed by atoms with Crippen molar-refractivity contribution in [3.8, 4) is 5.75 Å². The second kappa shape index (κ2) is 5.40. The summed E-state index contributed by atoms with van der Waals surface area (Å²) in [5.41, 5.74) is 1.40. The molecule has 4 heteroatoms. The first-order chi connectivity index (χ1) is 8.70. The van der Waals surface area contributed by atoms with E-state index in [1.54, 1.807) is 37.3 Å². The lowest BCUT2D eigenvalue weighted by Crippen LogP contribution is -2.02. The lowest BCUT2D eigenvalue weighted by atomic mass is 10.2. The van der Waals surface area contributed by atoms with E-state index in [4.69, 9.17) is 4.74 Å². The lowest BCUT2D eigenvalue weighted by Gasteiger charge is -2.08. The van der Waals surface area contributed by atoms with Crippen LogP contribution in [-0.4, -0.2) is 11.3 Å². The third-order valence-electron chi connectivity index (χ3n) is 2.48. The summed E-state index contributed by atoms with van der Waals surface area (Å²) in [6.45, 7) is 1.85. The topological polar surface area (TPSA) is 39.2 Å². The van der Waals surface area contributed by atoms with E-state index in [-0.39, 0.29) is 18.1 Å². The molecule has 2 rings (SSSR count). The van der Waals surface area contributed by atoms with Crippen LogP contribution in [0.2, 0.25) is 0 Å². The van der Waals surface area contributed by atoms with E-state index in [9.17, 15) is 9.18 Å². The Morgan fingerprint density at radius 3 is 2.78 bits per heavy atom. The summed E-state index contributed by atoms with van der Waals surface area (Å²) in [4.78, 5) is 14.9. The molecule has 18 heavy (non-hydrogen) atoms. The van der Waals surface area contributed by atoms with Gasteiger partial charge in [-0.05, 0) is 25.1 Å². The molecule has 3 nitrogen and oxygen atoms in total. The Morgan fingerprint density at radius 1 is 1.28 bits per heavy atom. The van der Waals surface area contributed by atoms with E-state index in [0.29, 0.717) is 17.6 Å². The van der Waals surface area contributed by atoms with Crippen molar-refractivity contribution in [1.29, 1.82) is 0 Å². The molecule has 0 atom stereocenters. The Hall–Kier alpha value is -2.23. The number of nitrogens with zero attached hydrogens (tertiary/aromatic N) is 1. The first kappa shape index (κ1) is 12.2. The van der Waals surface area contributed by atoms with Gasteiger partial charge < -0.3 is 4.74 Å².